The number of aryl methyl sites for hydroxylation is 1. The molecule has 0 aliphatic rings. The predicted octanol–water partition coefficient (Wildman–Crippen LogP) is 3.19. The van der Waals surface area contributed by atoms with Crippen molar-refractivity contribution in [2.24, 2.45) is 0 Å². The average molecular weight is 333 g/mol. The van der Waals surface area contributed by atoms with Gasteiger partial charge in [0.15, 0.2) is 5.78 Å². The third kappa shape index (κ3) is 3.54. The standard InChI is InChI=1S/C18H15N3O.CO2/c1-11-6-15-7-12(10-20-18(15)21-11)8-17(22)14-2-3-16-13(9-14)4-5-19-16;2-1-3/h2-7,9-10,19H,8H2,1H3,(H,20,21);. The van der Waals surface area contributed by atoms with Crippen molar-refractivity contribution in [3.8, 4) is 0 Å². The summed E-state index contributed by atoms with van der Waals surface area (Å²) >= 11 is 0. The first kappa shape index (κ1) is 16.4. The second-order valence-electron chi connectivity index (χ2n) is 5.70. The number of aromatic nitrogens is 3. The number of hydrogen-bond donors (Lipinski definition) is 2. The largest absolute Gasteiger partial charge is 0.373 e. The van der Waals surface area contributed by atoms with Crippen molar-refractivity contribution in [1.82, 2.24) is 15.0 Å². The SMILES string of the molecule is Cc1cc2cc(CC(=O)c3ccc4[nH]ccc4c3)cnc2[nH]1.O=C=O. The lowest BCUT2D eigenvalue weighted by Crippen LogP contribution is -2.03. The van der Waals surface area contributed by atoms with Crippen molar-refractivity contribution in [2.45, 2.75) is 13.3 Å². The van der Waals surface area contributed by atoms with Crippen LogP contribution in [-0.4, -0.2) is 26.9 Å². The van der Waals surface area contributed by atoms with Gasteiger partial charge in [-0.2, -0.15) is 9.59 Å². The molecule has 0 atom stereocenters. The van der Waals surface area contributed by atoms with E-state index in [1.54, 1.807) is 6.20 Å². The molecule has 25 heavy (non-hydrogen) atoms. The van der Waals surface area contributed by atoms with E-state index < -0.39 is 0 Å². The Hall–Kier alpha value is -3.50. The maximum Gasteiger partial charge on any atom is 0.373 e. The highest BCUT2D eigenvalue weighted by atomic mass is 16.2. The quantitative estimate of drug-likeness (QED) is 0.563. The topological polar surface area (TPSA) is 95.7 Å². The zero-order chi connectivity index (χ0) is 17.8. The van der Waals surface area contributed by atoms with Crippen LogP contribution in [0.1, 0.15) is 21.6 Å². The van der Waals surface area contributed by atoms with Crippen LogP contribution in [-0.2, 0) is 16.0 Å². The van der Waals surface area contributed by atoms with E-state index in [1.165, 1.54) is 0 Å². The van der Waals surface area contributed by atoms with Gasteiger partial charge in [-0.15, -0.1) is 0 Å². The van der Waals surface area contributed by atoms with E-state index >= 15 is 0 Å². The van der Waals surface area contributed by atoms with Gasteiger partial charge >= 0.3 is 6.15 Å². The molecule has 6 heteroatoms. The monoisotopic (exact) mass is 333 g/mol. The van der Waals surface area contributed by atoms with E-state index in [4.69, 9.17) is 9.59 Å². The van der Waals surface area contributed by atoms with E-state index in [2.05, 4.69) is 15.0 Å². The fourth-order valence-corrected chi connectivity index (χ4v) is 2.81. The number of Topliss-reactive ketones (excluding diaryl/α,β-unsaturated/α-hetero) is 1. The molecule has 0 aliphatic heterocycles. The van der Waals surface area contributed by atoms with E-state index in [0.717, 1.165) is 38.8 Å². The summed E-state index contributed by atoms with van der Waals surface area (Å²) in [6.07, 6.45) is 4.26. The number of pyridine rings is 1. The van der Waals surface area contributed by atoms with Crippen LogP contribution in [0.5, 0.6) is 0 Å². The summed E-state index contributed by atoms with van der Waals surface area (Å²) < 4.78 is 0. The Morgan fingerprint density at radius 3 is 2.72 bits per heavy atom. The van der Waals surface area contributed by atoms with Gasteiger partial charge in [-0.3, -0.25) is 4.79 Å². The van der Waals surface area contributed by atoms with Crippen LogP contribution in [0.15, 0.2) is 48.8 Å². The molecular weight excluding hydrogens is 318 g/mol. The summed E-state index contributed by atoms with van der Waals surface area (Å²) in [5, 5.41) is 2.10. The third-order valence-corrected chi connectivity index (χ3v) is 3.90. The number of rotatable bonds is 3. The summed E-state index contributed by atoms with van der Waals surface area (Å²) in [6.45, 7) is 2.00. The number of aromatic amines is 2. The molecule has 0 radical (unpaired) electrons. The molecule has 3 heterocycles. The molecular formula is C19H15N3O3. The summed E-state index contributed by atoms with van der Waals surface area (Å²) in [5.41, 5.74) is 4.65. The number of carbonyl (C=O) groups excluding carboxylic acids is 3. The summed E-state index contributed by atoms with van der Waals surface area (Å²) in [5.74, 6) is 0.108. The number of nitrogens with one attached hydrogen (secondary N) is 2. The van der Waals surface area contributed by atoms with Crippen molar-refractivity contribution >= 4 is 33.9 Å². The van der Waals surface area contributed by atoms with Gasteiger partial charge in [0.05, 0.1) is 0 Å². The molecule has 0 fully saturated rings. The lowest BCUT2D eigenvalue weighted by Gasteiger charge is -2.02. The van der Waals surface area contributed by atoms with Gasteiger partial charge in [-0.05, 0) is 48.9 Å². The van der Waals surface area contributed by atoms with Crippen LogP contribution in [0.4, 0.5) is 0 Å². The van der Waals surface area contributed by atoms with E-state index in [0.29, 0.717) is 6.42 Å². The molecule has 124 valence electrons. The Morgan fingerprint density at radius 1 is 1.12 bits per heavy atom. The average Bonchev–Trinajstić information content (AvgIpc) is 3.19. The van der Waals surface area contributed by atoms with E-state index in [-0.39, 0.29) is 11.9 Å². The van der Waals surface area contributed by atoms with Crippen molar-refractivity contribution in [3.63, 3.8) is 0 Å². The van der Waals surface area contributed by atoms with Crippen molar-refractivity contribution in [2.75, 3.05) is 0 Å². The molecule has 0 spiro atoms. The molecule has 0 saturated heterocycles. The smallest absolute Gasteiger partial charge is 0.361 e. The first-order chi connectivity index (χ1) is 12.1. The third-order valence-electron chi connectivity index (χ3n) is 3.90. The fraction of sp³-hybridized carbons (Fsp3) is 0.105. The molecule has 4 aromatic rings. The summed E-state index contributed by atoms with van der Waals surface area (Å²) in [7, 11) is 0. The minimum Gasteiger partial charge on any atom is -0.361 e. The Morgan fingerprint density at radius 2 is 1.92 bits per heavy atom. The first-order valence-electron chi connectivity index (χ1n) is 7.64. The van der Waals surface area contributed by atoms with Crippen LogP contribution in [0.3, 0.4) is 0 Å². The number of nitrogens with zero attached hydrogens (tertiary/aromatic N) is 1. The van der Waals surface area contributed by atoms with Gasteiger partial charge < -0.3 is 9.97 Å². The number of ketones is 1. The second-order valence-corrected chi connectivity index (χ2v) is 5.70. The number of fused-ring (bicyclic) bond motifs is 2. The fourth-order valence-electron chi connectivity index (χ4n) is 2.81. The Labute approximate surface area is 142 Å². The van der Waals surface area contributed by atoms with E-state index in [1.807, 2.05) is 49.5 Å². The highest BCUT2D eigenvalue weighted by molar-refractivity contribution is 6.00. The summed E-state index contributed by atoms with van der Waals surface area (Å²) in [4.78, 5) is 39.4. The lowest BCUT2D eigenvalue weighted by molar-refractivity contribution is -0.191. The maximum absolute atomic E-state index is 12.5. The highest BCUT2D eigenvalue weighted by Crippen LogP contribution is 2.18. The molecule has 0 saturated carbocycles. The van der Waals surface area contributed by atoms with Crippen LogP contribution < -0.4 is 0 Å². The van der Waals surface area contributed by atoms with Gasteiger partial charge in [0.25, 0.3) is 0 Å². The molecule has 1 aromatic carbocycles. The highest BCUT2D eigenvalue weighted by Gasteiger charge is 2.10. The zero-order valence-electron chi connectivity index (χ0n) is 13.5. The van der Waals surface area contributed by atoms with Gasteiger partial charge in [-0.1, -0.05) is 0 Å². The maximum atomic E-state index is 12.5. The van der Waals surface area contributed by atoms with Crippen molar-refractivity contribution in [1.29, 1.82) is 0 Å². The Bertz CT molecular complexity index is 1090. The molecule has 6 nitrogen and oxygen atoms in total. The van der Waals surface area contributed by atoms with Gasteiger partial charge in [-0.25, -0.2) is 4.98 Å². The molecule has 0 unspecified atom stereocenters. The van der Waals surface area contributed by atoms with Crippen LogP contribution in [0.25, 0.3) is 21.9 Å². The molecule has 0 amide bonds. The van der Waals surface area contributed by atoms with Crippen LogP contribution in [0, 0.1) is 6.92 Å². The van der Waals surface area contributed by atoms with Gasteiger partial charge in [0.1, 0.15) is 5.65 Å². The molecule has 3 aromatic heterocycles. The van der Waals surface area contributed by atoms with Crippen LogP contribution >= 0.6 is 0 Å². The number of hydrogen-bond acceptors (Lipinski definition) is 4. The van der Waals surface area contributed by atoms with Gasteiger partial charge in [0, 0.05) is 46.4 Å². The Kier molecular flexibility index (Phi) is 4.55. The predicted molar refractivity (Wildman–Crippen MR) is 92.2 cm³/mol. The van der Waals surface area contributed by atoms with Gasteiger partial charge in [0.2, 0.25) is 0 Å². The Balaban J connectivity index is 0.000000569. The summed E-state index contributed by atoms with van der Waals surface area (Å²) in [6, 6.07) is 11.8. The zero-order valence-corrected chi connectivity index (χ0v) is 13.5. The molecule has 4 rings (SSSR count). The molecule has 0 aliphatic carbocycles. The minimum absolute atomic E-state index is 0.108. The number of carbonyl (C=O) groups is 1. The molecule has 0 bridgehead atoms. The molecule has 2 N–H and O–H groups in total. The minimum atomic E-state index is 0.108. The van der Waals surface area contributed by atoms with Crippen molar-refractivity contribution < 1.29 is 14.4 Å². The lowest BCUT2D eigenvalue weighted by atomic mass is 10.0. The van der Waals surface area contributed by atoms with Crippen molar-refractivity contribution in [3.05, 3.63) is 65.6 Å². The first-order valence-corrected chi connectivity index (χ1v) is 7.64. The number of benzene rings is 1. The second kappa shape index (κ2) is 6.95. The van der Waals surface area contributed by atoms with E-state index in [9.17, 15) is 4.79 Å². The van der Waals surface area contributed by atoms with Crippen LogP contribution in [0.2, 0.25) is 0 Å². The normalized spacial score (nSPS) is 10.3. The number of H-pyrrole nitrogens is 2.